The number of amides is 2. The zero-order valence-corrected chi connectivity index (χ0v) is 26.0. The van der Waals surface area contributed by atoms with Gasteiger partial charge in [-0.25, -0.2) is 9.59 Å². The van der Waals surface area contributed by atoms with Crippen molar-refractivity contribution in [2.75, 3.05) is 0 Å². The number of benzene rings is 2. The van der Waals surface area contributed by atoms with E-state index < -0.39 is 51.4 Å². The van der Waals surface area contributed by atoms with E-state index in [2.05, 4.69) is 5.32 Å². The zero-order chi connectivity index (χ0) is 33.8. The molecule has 4 rings (SSSR count). The fourth-order valence-corrected chi connectivity index (χ4v) is 6.23. The van der Waals surface area contributed by atoms with Gasteiger partial charge in [0.1, 0.15) is 25.0 Å². The average molecular weight is 655 g/mol. The molecule has 3 unspecified atom stereocenters. The summed E-state index contributed by atoms with van der Waals surface area (Å²) < 4.78 is 16.1. The molecule has 1 saturated heterocycles. The number of thioether (sulfide) groups is 1. The Morgan fingerprint density at radius 3 is 2.00 bits per heavy atom. The van der Waals surface area contributed by atoms with E-state index in [1.165, 1.54) is 73.5 Å². The number of hydrogen-bond acceptors (Lipinski definition) is 12. The SMILES string of the molecule is CC(=O)N/C=C\SC1=C(C(=O)OCc2ccc([N+](=O)[O-])cc2)N2C(=O)C(C(C)OC(=O)OCc3ccc([N+](=O)[O-])cc3)C2C1(C)C. The molecular formula is C30H30N4O11S. The number of nitrogens with zero attached hydrogens (tertiary/aromatic N) is 3. The highest BCUT2D eigenvalue weighted by Gasteiger charge is 2.65. The molecule has 16 heteroatoms. The van der Waals surface area contributed by atoms with Crippen LogP contribution in [0.3, 0.4) is 0 Å². The fourth-order valence-electron chi connectivity index (χ4n) is 5.24. The van der Waals surface area contributed by atoms with Gasteiger partial charge in [0.15, 0.2) is 0 Å². The Kier molecular flexibility index (Phi) is 10.1. The molecular weight excluding hydrogens is 624 g/mol. The Bertz CT molecular complexity index is 1620. The van der Waals surface area contributed by atoms with E-state index in [0.29, 0.717) is 16.0 Å². The van der Waals surface area contributed by atoms with Crippen LogP contribution in [0.25, 0.3) is 0 Å². The van der Waals surface area contributed by atoms with Crippen LogP contribution in [-0.4, -0.2) is 50.8 Å². The first-order valence-electron chi connectivity index (χ1n) is 13.9. The van der Waals surface area contributed by atoms with Gasteiger partial charge in [-0.3, -0.25) is 29.8 Å². The smallest absolute Gasteiger partial charge is 0.456 e. The fraction of sp³-hybridized carbons (Fsp3) is 0.333. The molecule has 15 nitrogen and oxygen atoms in total. The van der Waals surface area contributed by atoms with Crippen molar-refractivity contribution in [2.45, 2.75) is 53.1 Å². The molecule has 2 aromatic carbocycles. The number of non-ortho nitro benzene ring substituents is 2. The number of ether oxygens (including phenoxy) is 3. The van der Waals surface area contributed by atoms with Crippen LogP contribution in [-0.2, 0) is 41.8 Å². The van der Waals surface area contributed by atoms with Gasteiger partial charge >= 0.3 is 12.1 Å². The number of hydrogen-bond donors (Lipinski definition) is 1. The Morgan fingerprint density at radius 2 is 1.50 bits per heavy atom. The van der Waals surface area contributed by atoms with Gasteiger partial charge in [0.25, 0.3) is 11.4 Å². The molecule has 46 heavy (non-hydrogen) atoms. The van der Waals surface area contributed by atoms with Crippen molar-refractivity contribution >= 4 is 47.1 Å². The summed E-state index contributed by atoms with van der Waals surface area (Å²) in [4.78, 5) is 73.3. The van der Waals surface area contributed by atoms with Crippen molar-refractivity contribution in [3.8, 4) is 0 Å². The summed E-state index contributed by atoms with van der Waals surface area (Å²) >= 11 is 1.12. The highest BCUT2D eigenvalue weighted by atomic mass is 32.2. The Balaban J connectivity index is 1.48. The number of nitro groups is 2. The molecule has 3 atom stereocenters. The van der Waals surface area contributed by atoms with Gasteiger partial charge in [0.2, 0.25) is 11.8 Å². The van der Waals surface area contributed by atoms with Crippen molar-refractivity contribution in [1.82, 2.24) is 10.2 Å². The molecule has 242 valence electrons. The number of rotatable bonds is 12. The third kappa shape index (κ3) is 7.17. The van der Waals surface area contributed by atoms with Crippen molar-refractivity contribution in [2.24, 2.45) is 11.3 Å². The first kappa shape index (κ1) is 33.6. The molecule has 0 saturated carbocycles. The highest BCUT2D eigenvalue weighted by Crippen LogP contribution is 2.57. The summed E-state index contributed by atoms with van der Waals surface area (Å²) in [6.45, 7) is 6.11. The van der Waals surface area contributed by atoms with Crippen LogP contribution in [0.2, 0.25) is 0 Å². The molecule has 0 bridgehead atoms. The van der Waals surface area contributed by atoms with Gasteiger partial charge in [0, 0.05) is 47.7 Å². The molecule has 2 aliphatic rings. The van der Waals surface area contributed by atoms with Crippen LogP contribution in [0.4, 0.5) is 16.2 Å². The second-order valence-electron chi connectivity index (χ2n) is 11.0. The van der Waals surface area contributed by atoms with E-state index in [9.17, 15) is 39.4 Å². The van der Waals surface area contributed by atoms with Crippen molar-refractivity contribution < 1.29 is 43.2 Å². The maximum atomic E-state index is 13.5. The minimum Gasteiger partial charge on any atom is -0.456 e. The second-order valence-corrected chi connectivity index (χ2v) is 11.9. The molecule has 0 aromatic heterocycles. The summed E-state index contributed by atoms with van der Waals surface area (Å²) in [5, 5.41) is 25.9. The number of nitrogens with one attached hydrogen (secondary N) is 1. The summed E-state index contributed by atoms with van der Waals surface area (Å²) in [6.07, 6.45) is -0.595. The molecule has 2 amide bonds. The summed E-state index contributed by atoms with van der Waals surface area (Å²) in [7, 11) is 0. The summed E-state index contributed by atoms with van der Waals surface area (Å²) in [6, 6.07) is 10.3. The number of fused-ring (bicyclic) bond motifs is 1. The standard InChI is InChI=1S/C30H30N4O11S/c1-17(45-29(38)44-16-20-7-11-22(12-8-20)34(41)42)23-25-30(3,4)26(46-14-13-31-18(2)35)24(32(25)27(23)36)28(37)43-15-19-5-9-21(10-6-19)33(39)40/h5-14,17,23,25H,15-16H2,1-4H3,(H,31,35)/b14-13-. The summed E-state index contributed by atoms with van der Waals surface area (Å²) in [5.41, 5.74) is -0.0665. The molecule has 0 radical (unpaired) electrons. The first-order valence-corrected chi connectivity index (χ1v) is 14.7. The van der Waals surface area contributed by atoms with Gasteiger partial charge in [-0.1, -0.05) is 25.6 Å². The number of nitro benzene ring substituents is 2. The maximum Gasteiger partial charge on any atom is 0.508 e. The lowest BCUT2D eigenvalue weighted by molar-refractivity contribution is -0.385. The Labute approximate surface area is 266 Å². The average Bonchev–Trinajstić information content (AvgIpc) is 3.20. The number of esters is 1. The molecule has 2 heterocycles. The maximum absolute atomic E-state index is 13.5. The lowest BCUT2D eigenvalue weighted by Crippen LogP contribution is -2.66. The van der Waals surface area contributed by atoms with Gasteiger partial charge in [0.05, 0.1) is 21.8 Å². The summed E-state index contributed by atoms with van der Waals surface area (Å²) in [5.74, 6) is -2.41. The predicted molar refractivity (Wildman–Crippen MR) is 162 cm³/mol. The van der Waals surface area contributed by atoms with Gasteiger partial charge in [-0.2, -0.15) is 0 Å². The van der Waals surface area contributed by atoms with Gasteiger partial charge in [-0.05, 0) is 47.7 Å². The topological polar surface area (TPSA) is 198 Å². The van der Waals surface area contributed by atoms with Crippen LogP contribution in [0.1, 0.15) is 38.8 Å². The first-order chi connectivity index (χ1) is 21.7. The quantitative estimate of drug-likeness (QED) is 0.143. The molecule has 0 spiro atoms. The molecule has 2 aliphatic heterocycles. The van der Waals surface area contributed by atoms with E-state index in [4.69, 9.17) is 14.2 Å². The molecule has 2 aromatic rings. The zero-order valence-electron chi connectivity index (χ0n) is 25.2. The predicted octanol–water partition coefficient (Wildman–Crippen LogP) is 4.71. The van der Waals surface area contributed by atoms with Crippen LogP contribution in [0.5, 0.6) is 0 Å². The number of carbonyl (C=O) groups excluding carboxylic acids is 4. The van der Waals surface area contributed by atoms with E-state index >= 15 is 0 Å². The lowest BCUT2D eigenvalue weighted by Gasteiger charge is -2.50. The van der Waals surface area contributed by atoms with Crippen LogP contribution in [0.15, 0.2) is 70.7 Å². The van der Waals surface area contributed by atoms with Crippen LogP contribution in [0, 0.1) is 31.6 Å². The molecule has 1 fully saturated rings. The lowest BCUT2D eigenvalue weighted by atomic mass is 9.71. The Hall–Kier alpha value is -5.25. The van der Waals surface area contributed by atoms with Gasteiger partial charge in [-0.15, -0.1) is 0 Å². The normalized spacial score (nSPS) is 18.8. The highest BCUT2D eigenvalue weighted by molar-refractivity contribution is 8.05. The largest absolute Gasteiger partial charge is 0.508 e. The minimum atomic E-state index is -1.04. The minimum absolute atomic E-state index is 0.00332. The molecule has 1 N–H and O–H groups in total. The van der Waals surface area contributed by atoms with E-state index in [0.717, 1.165) is 11.8 Å². The number of β-lactam (4-membered cyclic amide) rings is 1. The van der Waals surface area contributed by atoms with Gasteiger partial charge < -0.3 is 24.4 Å². The van der Waals surface area contributed by atoms with Crippen LogP contribution < -0.4 is 5.32 Å². The van der Waals surface area contributed by atoms with Crippen LogP contribution >= 0.6 is 11.8 Å². The second kappa shape index (κ2) is 13.8. The third-order valence-corrected chi connectivity index (χ3v) is 8.69. The van der Waals surface area contributed by atoms with Crippen molar-refractivity contribution in [3.05, 3.63) is 102 Å². The van der Waals surface area contributed by atoms with E-state index in [-0.39, 0.29) is 36.2 Å². The molecule has 0 aliphatic carbocycles. The monoisotopic (exact) mass is 654 g/mol. The van der Waals surface area contributed by atoms with E-state index in [1.807, 2.05) is 13.8 Å². The van der Waals surface area contributed by atoms with E-state index in [1.54, 1.807) is 5.41 Å². The van der Waals surface area contributed by atoms with Crippen molar-refractivity contribution in [1.29, 1.82) is 0 Å². The third-order valence-electron chi connectivity index (χ3n) is 7.46. The van der Waals surface area contributed by atoms with Crippen molar-refractivity contribution in [3.63, 3.8) is 0 Å². The Morgan fingerprint density at radius 1 is 0.978 bits per heavy atom. The number of carbonyl (C=O) groups is 4.